The summed E-state index contributed by atoms with van der Waals surface area (Å²) in [5.41, 5.74) is 3.12. The largest absolute Gasteiger partial charge is 0.310 e. The molecule has 1 rings (SSSR count). The zero-order chi connectivity index (χ0) is 12.9. The van der Waals surface area contributed by atoms with Gasteiger partial charge in [0, 0.05) is 6.04 Å². The van der Waals surface area contributed by atoms with Gasteiger partial charge in [0.25, 0.3) is 0 Å². The van der Waals surface area contributed by atoms with Crippen LogP contribution in [0, 0.1) is 5.41 Å². The molecule has 0 amide bonds. The molecule has 0 aromatic heterocycles. The molecule has 1 atom stereocenters. The van der Waals surface area contributed by atoms with E-state index in [1.807, 2.05) is 0 Å². The van der Waals surface area contributed by atoms with Crippen molar-refractivity contribution in [2.75, 3.05) is 6.54 Å². The molecule has 0 aliphatic heterocycles. The summed E-state index contributed by atoms with van der Waals surface area (Å²) in [6.45, 7) is 12.3. The Balaban J connectivity index is 2.96. The predicted octanol–water partition coefficient (Wildman–Crippen LogP) is 4.34. The highest BCUT2D eigenvalue weighted by atomic mass is 14.9. The molecule has 0 radical (unpaired) electrons. The SMILES string of the molecule is CCNC(c1ccc(CC)cc1)C(C)(C)CC. The van der Waals surface area contributed by atoms with E-state index in [1.165, 1.54) is 17.5 Å². The normalized spacial score (nSPS) is 13.7. The van der Waals surface area contributed by atoms with E-state index in [0.717, 1.165) is 13.0 Å². The third kappa shape index (κ3) is 3.57. The first-order valence-corrected chi connectivity index (χ1v) is 6.87. The Morgan fingerprint density at radius 2 is 1.65 bits per heavy atom. The third-order valence-corrected chi connectivity index (χ3v) is 3.82. The minimum atomic E-state index is 0.295. The second kappa shape index (κ2) is 6.20. The molecule has 96 valence electrons. The number of aryl methyl sites for hydroxylation is 1. The first-order chi connectivity index (χ1) is 8.05. The van der Waals surface area contributed by atoms with Gasteiger partial charge in [-0.05, 0) is 35.9 Å². The van der Waals surface area contributed by atoms with E-state index in [0.29, 0.717) is 11.5 Å². The van der Waals surface area contributed by atoms with Gasteiger partial charge in [-0.2, -0.15) is 0 Å². The lowest BCUT2D eigenvalue weighted by atomic mass is 9.78. The predicted molar refractivity (Wildman–Crippen MR) is 76.3 cm³/mol. The molecule has 1 heteroatoms. The summed E-state index contributed by atoms with van der Waals surface area (Å²) in [5, 5.41) is 3.63. The van der Waals surface area contributed by atoms with Crippen LogP contribution in [0.4, 0.5) is 0 Å². The Labute approximate surface area is 107 Å². The number of hydrogen-bond acceptors (Lipinski definition) is 1. The molecule has 0 saturated carbocycles. The van der Waals surface area contributed by atoms with E-state index < -0.39 is 0 Å². The number of hydrogen-bond donors (Lipinski definition) is 1. The van der Waals surface area contributed by atoms with Crippen LogP contribution >= 0.6 is 0 Å². The summed E-state index contributed by atoms with van der Waals surface area (Å²) in [4.78, 5) is 0. The van der Waals surface area contributed by atoms with Gasteiger partial charge in [-0.3, -0.25) is 0 Å². The van der Waals surface area contributed by atoms with Crippen molar-refractivity contribution >= 4 is 0 Å². The Hall–Kier alpha value is -0.820. The van der Waals surface area contributed by atoms with E-state index >= 15 is 0 Å². The fourth-order valence-corrected chi connectivity index (χ4v) is 2.20. The van der Waals surface area contributed by atoms with E-state index in [9.17, 15) is 0 Å². The molecule has 1 aromatic rings. The van der Waals surface area contributed by atoms with Crippen molar-refractivity contribution in [1.82, 2.24) is 5.32 Å². The molecule has 0 spiro atoms. The van der Waals surface area contributed by atoms with Crippen molar-refractivity contribution in [2.45, 2.75) is 53.5 Å². The van der Waals surface area contributed by atoms with Crippen LogP contribution in [-0.4, -0.2) is 6.54 Å². The lowest BCUT2D eigenvalue weighted by Crippen LogP contribution is -2.33. The molecule has 1 aromatic carbocycles. The molecule has 0 fully saturated rings. The average Bonchev–Trinajstić information content (AvgIpc) is 2.36. The van der Waals surface area contributed by atoms with Crippen LogP contribution in [-0.2, 0) is 6.42 Å². The van der Waals surface area contributed by atoms with E-state index in [2.05, 4.69) is 64.2 Å². The monoisotopic (exact) mass is 233 g/mol. The highest BCUT2D eigenvalue weighted by Gasteiger charge is 2.28. The molecule has 1 nitrogen and oxygen atoms in total. The van der Waals surface area contributed by atoms with Gasteiger partial charge in [0.2, 0.25) is 0 Å². The molecular formula is C16H27N. The molecule has 0 saturated heterocycles. The molecular weight excluding hydrogens is 206 g/mol. The zero-order valence-corrected chi connectivity index (χ0v) is 12.0. The van der Waals surface area contributed by atoms with Crippen molar-refractivity contribution in [1.29, 1.82) is 0 Å². The Morgan fingerprint density at radius 3 is 2.06 bits per heavy atom. The molecule has 1 N–H and O–H groups in total. The summed E-state index contributed by atoms with van der Waals surface area (Å²) in [6.07, 6.45) is 2.30. The van der Waals surface area contributed by atoms with Crippen LogP contribution in [0.5, 0.6) is 0 Å². The second-order valence-electron chi connectivity index (χ2n) is 5.43. The zero-order valence-electron chi connectivity index (χ0n) is 12.0. The van der Waals surface area contributed by atoms with Crippen molar-refractivity contribution < 1.29 is 0 Å². The Bertz CT molecular complexity index is 324. The lowest BCUT2D eigenvalue weighted by molar-refractivity contribution is 0.237. The highest BCUT2D eigenvalue weighted by molar-refractivity contribution is 5.26. The van der Waals surface area contributed by atoms with Gasteiger partial charge < -0.3 is 5.32 Å². The maximum Gasteiger partial charge on any atom is 0.0371 e. The minimum Gasteiger partial charge on any atom is -0.310 e. The average molecular weight is 233 g/mol. The lowest BCUT2D eigenvalue weighted by Gasteiger charge is -2.34. The molecule has 0 aliphatic carbocycles. The summed E-state index contributed by atoms with van der Waals surface area (Å²) in [6, 6.07) is 9.52. The van der Waals surface area contributed by atoms with E-state index in [1.54, 1.807) is 0 Å². The van der Waals surface area contributed by atoms with Gasteiger partial charge in [0.1, 0.15) is 0 Å². The van der Waals surface area contributed by atoms with Crippen molar-refractivity contribution in [3.63, 3.8) is 0 Å². The van der Waals surface area contributed by atoms with Crippen molar-refractivity contribution in [3.05, 3.63) is 35.4 Å². The van der Waals surface area contributed by atoms with Crippen LogP contribution < -0.4 is 5.32 Å². The van der Waals surface area contributed by atoms with E-state index in [4.69, 9.17) is 0 Å². The molecule has 17 heavy (non-hydrogen) atoms. The number of rotatable bonds is 6. The second-order valence-corrected chi connectivity index (χ2v) is 5.43. The maximum absolute atomic E-state index is 3.63. The smallest absolute Gasteiger partial charge is 0.0371 e. The standard InChI is InChI=1S/C16H27N/c1-6-13-9-11-14(12-10-13)15(17-8-3)16(4,5)7-2/h9-12,15,17H,6-8H2,1-5H3. The van der Waals surface area contributed by atoms with Crippen LogP contribution in [0.25, 0.3) is 0 Å². The maximum atomic E-state index is 3.63. The highest BCUT2D eigenvalue weighted by Crippen LogP contribution is 2.36. The minimum absolute atomic E-state index is 0.295. The third-order valence-electron chi connectivity index (χ3n) is 3.82. The van der Waals surface area contributed by atoms with E-state index in [-0.39, 0.29) is 0 Å². The van der Waals surface area contributed by atoms with Gasteiger partial charge in [-0.25, -0.2) is 0 Å². The van der Waals surface area contributed by atoms with Crippen LogP contribution in [0.15, 0.2) is 24.3 Å². The van der Waals surface area contributed by atoms with Crippen molar-refractivity contribution in [2.24, 2.45) is 5.41 Å². The van der Waals surface area contributed by atoms with Gasteiger partial charge in [0.05, 0.1) is 0 Å². The molecule has 0 aliphatic rings. The van der Waals surface area contributed by atoms with Gasteiger partial charge in [0.15, 0.2) is 0 Å². The van der Waals surface area contributed by atoms with Crippen LogP contribution in [0.3, 0.4) is 0 Å². The summed E-state index contributed by atoms with van der Waals surface area (Å²) >= 11 is 0. The van der Waals surface area contributed by atoms with Gasteiger partial charge >= 0.3 is 0 Å². The fraction of sp³-hybridized carbons (Fsp3) is 0.625. The molecule has 1 unspecified atom stereocenters. The summed E-state index contributed by atoms with van der Waals surface area (Å²) in [7, 11) is 0. The van der Waals surface area contributed by atoms with Crippen molar-refractivity contribution in [3.8, 4) is 0 Å². The Morgan fingerprint density at radius 1 is 1.06 bits per heavy atom. The van der Waals surface area contributed by atoms with Gasteiger partial charge in [-0.15, -0.1) is 0 Å². The van der Waals surface area contributed by atoms with Gasteiger partial charge in [-0.1, -0.05) is 58.9 Å². The summed E-state index contributed by atoms with van der Waals surface area (Å²) < 4.78 is 0. The topological polar surface area (TPSA) is 12.0 Å². The summed E-state index contributed by atoms with van der Waals surface area (Å²) in [5.74, 6) is 0. The first kappa shape index (κ1) is 14.2. The quantitative estimate of drug-likeness (QED) is 0.771. The molecule has 0 heterocycles. The Kier molecular flexibility index (Phi) is 5.20. The van der Waals surface area contributed by atoms with Crippen LogP contribution in [0.1, 0.15) is 58.2 Å². The van der Waals surface area contributed by atoms with Crippen LogP contribution in [0.2, 0.25) is 0 Å². The first-order valence-electron chi connectivity index (χ1n) is 6.87. The number of nitrogens with one attached hydrogen (secondary N) is 1. The fourth-order valence-electron chi connectivity index (χ4n) is 2.20. The molecule has 0 bridgehead atoms. The number of benzene rings is 1.